The van der Waals surface area contributed by atoms with Crippen LogP contribution >= 0.6 is 11.3 Å². The molecule has 4 rings (SSSR count). The zero-order valence-electron chi connectivity index (χ0n) is 16.0. The van der Waals surface area contributed by atoms with Gasteiger partial charge in [0.15, 0.2) is 0 Å². The Morgan fingerprint density at radius 3 is 2.57 bits per heavy atom. The van der Waals surface area contributed by atoms with Crippen LogP contribution in [0.15, 0.2) is 72.8 Å². The highest BCUT2D eigenvalue weighted by Crippen LogP contribution is 2.28. The van der Waals surface area contributed by atoms with E-state index in [9.17, 15) is 10.1 Å². The number of thiazole rings is 1. The molecular weight excluding hydrogens is 396 g/mol. The van der Waals surface area contributed by atoms with Gasteiger partial charge in [-0.05, 0) is 60.2 Å². The van der Waals surface area contributed by atoms with E-state index in [2.05, 4.69) is 11.1 Å². The SMILES string of the molecule is COc1ccc(C(=O)Oc2cccc(C=C(C#N)c3nc4ccccc4s3)c2)cc1. The first-order valence-corrected chi connectivity index (χ1v) is 9.92. The molecule has 0 radical (unpaired) electrons. The van der Waals surface area contributed by atoms with Crippen molar-refractivity contribution in [2.45, 2.75) is 0 Å². The highest BCUT2D eigenvalue weighted by atomic mass is 32.1. The van der Waals surface area contributed by atoms with Gasteiger partial charge in [-0.3, -0.25) is 0 Å². The lowest BCUT2D eigenvalue weighted by molar-refractivity contribution is 0.0734. The number of aromatic nitrogens is 1. The van der Waals surface area contributed by atoms with Gasteiger partial charge in [-0.15, -0.1) is 11.3 Å². The summed E-state index contributed by atoms with van der Waals surface area (Å²) in [7, 11) is 1.57. The van der Waals surface area contributed by atoms with Gasteiger partial charge in [0.2, 0.25) is 0 Å². The molecule has 1 aromatic heterocycles. The van der Waals surface area contributed by atoms with Gasteiger partial charge in [-0.1, -0.05) is 24.3 Å². The largest absolute Gasteiger partial charge is 0.497 e. The predicted molar refractivity (Wildman–Crippen MR) is 117 cm³/mol. The van der Waals surface area contributed by atoms with Crippen molar-refractivity contribution >= 4 is 39.2 Å². The second-order valence-electron chi connectivity index (χ2n) is 6.35. The summed E-state index contributed by atoms with van der Waals surface area (Å²) >= 11 is 1.47. The van der Waals surface area contributed by atoms with Gasteiger partial charge >= 0.3 is 5.97 Å². The fourth-order valence-corrected chi connectivity index (χ4v) is 3.79. The van der Waals surface area contributed by atoms with Crippen LogP contribution in [0.1, 0.15) is 20.9 Å². The topological polar surface area (TPSA) is 72.2 Å². The summed E-state index contributed by atoms with van der Waals surface area (Å²) in [6, 6.07) is 23.7. The van der Waals surface area contributed by atoms with Gasteiger partial charge in [0, 0.05) is 0 Å². The molecule has 0 atom stereocenters. The number of carbonyl (C=O) groups is 1. The van der Waals surface area contributed by atoms with Gasteiger partial charge < -0.3 is 9.47 Å². The second kappa shape index (κ2) is 8.60. The first kappa shape index (κ1) is 19.4. The number of nitrogens with zero attached hydrogens (tertiary/aromatic N) is 2. The van der Waals surface area contributed by atoms with Crippen molar-refractivity contribution < 1.29 is 14.3 Å². The number of ether oxygens (including phenoxy) is 2. The Morgan fingerprint density at radius 1 is 1.03 bits per heavy atom. The molecule has 0 aliphatic carbocycles. The summed E-state index contributed by atoms with van der Waals surface area (Å²) in [5.74, 6) is 0.592. The molecule has 0 saturated heterocycles. The molecule has 3 aromatic carbocycles. The number of hydrogen-bond acceptors (Lipinski definition) is 6. The highest BCUT2D eigenvalue weighted by molar-refractivity contribution is 7.19. The van der Waals surface area contributed by atoms with Crippen molar-refractivity contribution in [3.05, 3.63) is 88.9 Å². The van der Waals surface area contributed by atoms with Gasteiger partial charge in [-0.2, -0.15) is 5.26 Å². The molecule has 4 aromatic rings. The minimum absolute atomic E-state index is 0.395. The molecular formula is C24H16N2O3S. The third kappa shape index (κ3) is 4.22. The Morgan fingerprint density at radius 2 is 1.83 bits per heavy atom. The van der Waals surface area contributed by atoms with Crippen molar-refractivity contribution in [1.29, 1.82) is 5.26 Å². The van der Waals surface area contributed by atoms with Gasteiger partial charge in [0.05, 0.1) is 28.5 Å². The minimum Gasteiger partial charge on any atom is -0.497 e. The molecule has 30 heavy (non-hydrogen) atoms. The molecule has 0 N–H and O–H groups in total. The number of hydrogen-bond donors (Lipinski definition) is 0. The number of methoxy groups -OCH3 is 1. The molecule has 0 saturated carbocycles. The zero-order valence-corrected chi connectivity index (χ0v) is 16.8. The van der Waals surface area contributed by atoms with E-state index in [-0.39, 0.29) is 0 Å². The van der Waals surface area contributed by atoms with E-state index in [1.165, 1.54) is 11.3 Å². The maximum Gasteiger partial charge on any atom is 0.343 e. The van der Waals surface area contributed by atoms with E-state index in [0.717, 1.165) is 15.8 Å². The second-order valence-corrected chi connectivity index (χ2v) is 7.38. The number of fused-ring (bicyclic) bond motifs is 1. The Labute approximate surface area is 177 Å². The van der Waals surface area contributed by atoms with Crippen molar-refractivity contribution in [1.82, 2.24) is 4.98 Å². The maximum absolute atomic E-state index is 12.4. The van der Waals surface area contributed by atoms with Crippen LogP contribution in [0, 0.1) is 11.3 Å². The first-order chi connectivity index (χ1) is 14.7. The van der Waals surface area contributed by atoms with Crippen LogP contribution in [0.5, 0.6) is 11.5 Å². The summed E-state index contributed by atoms with van der Waals surface area (Å²) in [6.07, 6.45) is 1.74. The Kier molecular flexibility index (Phi) is 5.55. The summed E-state index contributed by atoms with van der Waals surface area (Å²) < 4.78 is 11.6. The Bertz CT molecular complexity index is 1250. The highest BCUT2D eigenvalue weighted by Gasteiger charge is 2.11. The number of para-hydroxylation sites is 1. The van der Waals surface area contributed by atoms with E-state index in [0.29, 0.717) is 27.6 Å². The summed E-state index contributed by atoms with van der Waals surface area (Å²) in [5.41, 5.74) is 2.48. The average Bonchev–Trinajstić information content (AvgIpc) is 3.22. The Balaban J connectivity index is 1.57. The Hall–Kier alpha value is -3.95. The molecule has 5 nitrogen and oxygen atoms in total. The van der Waals surface area contributed by atoms with Crippen LogP contribution in [0.3, 0.4) is 0 Å². The number of rotatable bonds is 5. The van der Waals surface area contributed by atoms with Gasteiger partial charge in [-0.25, -0.2) is 9.78 Å². The smallest absolute Gasteiger partial charge is 0.343 e. The maximum atomic E-state index is 12.4. The molecule has 0 spiro atoms. The summed E-state index contributed by atoms with van der Waals surface area (Å²) in [4.78, 5) is 16.9. The zero-order chi connectivity index (χ0) is 20.9. The fourth-order valence-electron chi connectivity index (χ4n) is 2.86. The number of allylic oxidation sites excluding steroid dienone is 1. The molecule has 0 amide bonds. The van der Waals surface area contributed by atoms with Crippen molar-refractivity contribution in [3.63, 3.8) is 0 Å². The van der Waals surface area contributed by atoms with Crippen LogP contribution in [-0.2, 0) is 0 Å². The molecule has 0 aliphatic heterocycles. The van der Waals surface area contributed by atoms with Crippen molar-refractivity contribution in [2.75, 3.05) is 7.11 Å². The lowest BCUT2D eigenvalue weighted by Crippen LogP contribution is -2.08. The van der Waals surface area contributed by atoms with Crippen molar-refractivity contribution in [3.8, 4) is 17.6 Å². The number of benzene rings is 3. The number of carbonyl (C=O) groups excluding carboxylic acids is 1. The molecule has 1 heterocycles. The third-order valence-corrected chi connectivity index (χ3v) is 5.42. The molecule has 0 fully saturated rings. The van der Waals surface area contributed by atoms with Gasteiger partial charge in [0.25, 0.3) is 0 Å². The van der Waals surface area contributed by atoms with E-state index < -0.39 is 5.97 Å². The molecule has 0 unspecified atom stereocenters. The lowest BCUT2D eigenvalue weighted by atomic mass is 10.1. The average molecular weight is 412 g/mol. The summed E-state index contributed by atoms with van der Waals surface area (Å²) in [5, 5.41) is 10.3. The van der Waals surface area contributed by atoms with Crippen molar-refractivity contribution in [2.24, 2.45) is 0 Å². The van der Waals surface area contributed by atoms with Crippen LogP contribution in [0.2, 0.25) is 0 Å². The normalized spacial score (nSPS) is 11.1. The monoisotopic (exact) mass is 412 g/mol. The minimum atomic E-state index is -0.467. The van der Waals surface area contributed by atoms with Crippen LogP contribution in [0.25, 0.3) is 21.9 Å². The van der Waals surface area contributed by atoms with Crippen LogP contribution in [0.4, 0.5) is 0 Å². The van der Waals surface area contributed by atoms with E-state index in [1.807, 2.05) is 30.3 Å². The van der Waals surface area contributed by atoms with Gasteiger partial charge in [0.1, 0.15) is 22.6 Å². The lowest BCUT2D eigenvalue weighted by Gasteiger charge is -2.06. The quantitative estimate of drug-likeness (QED) is 0.243. The van der Waals surface area contributed by atoms with Crippen LogP contribution < -0.4 is 9.47 Å². The van der Waals surface area contributed by atoms with E-state index in [4.69, 9.17) is 9.47 Å². The predicted octanol–water partition coefficient (Wildman–Crippen LogP) is 5.59. The molecule has 0 aliphatic rings. The third-order valence-electron chi connectivity index (χ3n) is 4.35. The fraction of sp³-hybridized carbons (Fsp3) is 0.0417. The molecule has 146 valence electrons. The standard InChI is InChI=1S/C24H16N2O3S/c1-28-19-11-9-17(10-12-19)24(27)29-20-6-4-5-16(14-20)13-18(15-25)23-26-21-7-2-3-8-22(21)30-23/h2-14H,1H3. The number of nitriles is 1. The van der Waals surface area contributed by atoms with E-state index in [1.54, 1.807) is 55.7 Å². The summed E-state index contributed by atoms with van der Waals surface area (Å²) in [6.45, 7) is 0. The first-order valence-electron chi connectivity index (χ1n) is 9.10. The molecule has 6 heteroatoms. The van der Waals surface area contributed by atoms with Crippen LogP contribution in [-0.4, -0.2) is 18.1 Å². The number of esters is 1. The van der Waals surface area contributed by atoms with E-state index >= 15 is 0 Å². The molecule has 0 bridgehead atoms.